The highest BCUT2D eigenvalue weighted by atomic mass is 19.4. The molecule has 0 bridgehead atoms. The average molecular weight is 470 g/mol. The van der Waals surface area contributed by atoms with Crippen LogP contribution in [0.2, 0.25) is 0 Å². The predicted octanol–water partition coefficient (Wildman–Crippen LogP) is 6.30. The first-order valence-corrected chi connectivity index (χ1v) is 11.0. The SMILES string of the molecule is COC(C(=O)O[C@H]1CC[C@H](Oc2ccc(-c3ccccc3)cc2)C1)(c1ccccc1)C(F)(F)F. The van der Waals surface area contributed by atoms with Crippen LogP contribution in [0.15, 0.2) is 84.9 Å². The summed E-state index contributed by atoms with van der Waals surface area (Å²) in [6.45, 7) is 0. The largest absolute Gasteiger partial charge is 0.490 e. The highest BCUT2D eigenvalue weighted by Crippen LogP contribution is 2.44. The third kappa shape index (κ3) is 4.80. The van der Waals surface area contributed by atoms with Crippen LogP contribution in [0.1, 0.15) is 24.8 Å². The van der Waals surface area contributed by atoms with Gasteiger partial charge in [-0.3, -0.25) is 0 Å². The number of benzene rings is 3. The van der Waals surface area contributed by atoms with Crippen molar-refractivity contribution < 1.29 is 32.2 Å². The van der Waals surface area contributed by atoms with Crippen molar-refractivity contribution in [3.8, 4) is 16.9 Å². The molecule has 4 nitrogen and oxygen atoms in total. The second-order valence-electron chi connectivity index (χ2n) is 8.22. The van der Waals surface area contributed by atoms with Crippen LogP contribution in [0, 0.1) is 0 Å². The molecule has 3 atom stereocenters. The number of hydrogen-bond acceptors (Lipinski definition) is 4. The van der Waals surface area contributed by atoms with Crippen LogP contribution in [-0.2, 0) is 19.9 Å². The molecule has 0 aromatic heterocycles. The number of rotatable bonds is 7. The zero-order chi connectivity index (χ0) is 24.2. The minimum Gasteiger partial charge on any atom is -0.490 e. The molecule has 34 heavy (non-hydrogen) atoms. The number of ether oxygens (including phenoxy) is 3. The van der Waals surface area contributed by atoms with E-state index in [9.17, 15) is 18.0 Å². The summed E-state index contributed by atoms with van der Waals surface area (Å²) in [6.07, 6.45) is -4.67. The number of alkyl halides is 3. The standard InChI is InChI=1S/C27H25F3O4/c1-32-26(27(28,29)30,21-10-6-3-7-11-21)25(31)34-24-17-16-23(18-24)33-22-14-12-20(13-15-22)19-8-4-2-5-9-19/h2-15,23-24H,16-18H2,1H3/t23-,24-,26?/m0/s1. The number of hydrogen-bond donors (Lipinski definition) is 0. The quantitative estimate of drug-likeness (QED) is 0.380. The van der Waals surface area contributed by atoms with Crippen molar-refractivity contribution in [2.24, 2.45) is 0 Å². The number of carbonyl (C=O) groups is 1. The van der Waals surface area contributed by atoms with Crippen LogP contribution in [0.3, 0.4) is 0 Å². The Kier molecular flexibility index (Phi) is 6.93. The van der Waals surface area contributed by atoms with Gasteiger partial charge in [0.2, 0.25) is 0 Å². The van der Waals surface area contributed by atoms with Gasteiger partial charge >= 0.3 is 12.1 Å². The first-order valence-electron chi connectivity index (χ1n) is 11.0. The third-order valence-corrected chi connectivity index (χ3v) is 6.05. The average Bonchev–Trinajstić information content (AvgIpc) is 3.27. The van der Waals surface area contributed by atoms with Crippen molar-refractivity contribution in [1.29, 1.82) is 0 Å². The van der Waals surface area contributed by atoms with Gasteiger partial charge in [0, 0.05) is 19.1 Å². The molecule has 3 aromatic carbocycles. The molecule has 4 rings (SSSR count). The van der Waals surface area contributed by atoms with Gasteiger partial charge in [-0.1, -0.05) is 72.8 Å². The van der Waals surface area contributed by atoms with E-state index in [-0.39, 0.29) is 11.7 Å². The van der Waals surface area contributed by atoms with Crippen molar-refractivity contribution in [2.75, 3.05) is 7.11 Å². The van der Waals surface area contributed by atoms with Gasteiger partial charge in [-0.2, -0.15) is 13.2 Å². The molecule has 3 aromatic rings. The summed E-state index contributed by atoms with van der Waals surface area (Å²) in [6, 6.07) is 24.4. The molecule has 0 amide bonds. The summed E-state index contributed by atoms with van der Waals surface area (Å²) in [5.41, 5.74) is -1.36. The summed E-state index contributed by atoms with van der Waals surface area (Å²) < 4.78 is 58.3. The molecule has 0 N–H and O–H groups in total. The summed E-state index contributed by atoms with van der Waals surface area (Å²) in [5, 5.41) is 0. The van der Waals surface area contributed by atoms with Gasteiger partial charge in [-0.15, -0.1) is 0 Å². The maximum atomic E-state index is 14.1. The zero-order valence-corrected chi connectivity index (χ0v) is 18.6. The van der Waals surface area contributed by atoms with Crippen molar-refractivity contribution in [1.82, 2.24) is 0 Å². The fourth-order valence-electron chi connectivity index (χ4n) is 4.29. The lowest BCUT2D eigenvalue weighted by atomic mass is 9.92. The van der Waals surface area contributed by atoms with E-state index < -0.39 is 23.9 Å². The summed E-state index contributed by atoms with van der Waals surface area (Å²) in [7, 11) is 0.863. The van der Waals surface area contributed by atoms with Crippen molar-refractivity contribution in [2.45, 2.75) is 43.2 Å². The van der Waals surface area contributed by atoms with Gasteiger partial charge in [0.05, 0.1) is 0 Å². The Labute approximate surface area is 196 Å². The van der Waals surface area contributed by atoms with Crippen molar-refractivity contribution >= 4 is 5.97 Å². The van der Waals surface area contributed by atoms with Crippen LogP contribution in [-0.4, -0.2) is 31.5 Å². The van der Waals surface area contributed by atoms with E-state index in [1.165, 1.54) is 24.3 Å². The van der Waals surface area contributed by atoms with Gasteiger partial charge < -0.3 is 14.2 Å². The van der Waals surface area contributed by atoms with Crippen LogP contribution in [0.5, 0.6) is 5.75 Å². The van der Waals surface area contributed by atoms with Crippen LogP contribution >= 0.6 is 0 Å². The summed E-state index contributed by atoms with van der Waals surface area (Å²) in [4.78, 5) is 12.8. The molecule has 0 spiro atoms. The van der Waals surface area contributed by atoms with E-state index in [1.807, 2.05) is 54.6 Å². The summed E-state index contributed by atoms with van der Waals surface area (Å²) >= 11 is 0. The molecule has 0 aliphatic heterocycles. The Balaban J connectivity index is 1.41. The second-order valence-corrected chi connectivity index (χ2v) is 8.22. The topological polar surface area (TPSA) is 44.8 Å². The zero-order valence-electron chi connectivity index (χ0n) is 18.6. The molecule has 0 heterocycles. The van der Waals surface area contributed by atoms with Gasteiger partial charge in [0.1, 0.15) is 18.0 Å². The molecule has 0 radical (unpaired) electrons. The molecular weight excluding hydrogens is 445 g/mol. The Hall–Kier alpha value is -3.32. The van der Waals surface area contributed by atoms with Crippen LogP contribution in [0.4, 0.5) is 13.2 Å². The lowest BCUT2D eigenvalue weighted by Gasteiger charge is -2.33. The fraction of sp³-hybridized carbons (Fsp3) is 0.296. The normalized spacial score (nSPS) is 19.9. The first kappa shape index (κ1) is 23.8. The Morgan fingerprint density at radius 2 is 1.35 bits per heavy atom. The second kappa shape index (κ2) is 9.89. The maximum Gasteiger partial charge on any atom is 0.432 e. The van der Waals surface area contributed by atoms with Gasteiger partial charge in [0.15, 0.2) is 0 Å². The Morgan fingerprint density at radius 1 is 0.794 bits per heavy atom. The molecule has 178 valence electrons. The molecule has 1 saturated carbocycles. The molecule has 1 fully saturated rings. The molecule has 0 saturated heterocycles. The Morgan fingerprint density at radius 3 is 1.94 bits per heavy atom. The minimum absolute atomic E-state index is 0.264. The molecule has 1 aliphatic rings. The Bertz CT molecular complexity index is 1080. The maximum absolute atomic E-state index is 14.1. The smallest absolute Gasteiger partial charge is 0.432 e. The first-order chi connectivity index (χ1) is 16.3. The van der Waals surface area contributed by atoms with Gasteiger partial charge in [-0.25, -0.2) is 4.79 Å². The summed E-state index contributed by atoms with van der Waals surface area (Å²) in [5.74, 6) is -0.811. The highest BCUT2D eigenvalue weighted by Gasteiger charge is 2.64. The molecule has 1 aliphatic carbocycles. The van der Waals surface area contributed by atoms with E-state index in [4.69, 9.17) is 14.2 Å². The lowest BCUT2D eigenvalue weighted by Crippen LogP contribution is -2.52. The molecular formula is C27H25F3O4. The third-order valence-electron chi connectivity index (χ3n) is 6.05. The van der Waals surface area contributed by atoms with E-state index in [0.29, 0.717) is 25.0 Å². The van der Waals surface area contributed by atoms with Gasteiger partial charge in [-0.05, 0) is 36.1 Å². The number of carbonyl (C=O) groups excluding carboxylic acids is 1. The van der Waals surface area contributed by atoms with Crippen molar-refractivity contribution in [3.63, 3.8) is 0 Å². The molecule has 7 heteroatoms. The number of halogens is 3. The predicted molar refractivity (Wildman–Crippen MR) is 121 cm³/mol. The monoisotopic (exact) mass is 470 g/mol. The number of esters is 1. The minimum atomic E-state index is -4.99. The number of methoxy groups -OCH3 is 1. The van der Waals surface area contributed by atoms with E-state index in [2.05, 4.69) is 0 Å². The molecule has 1 unspecified atom stereocenters. The highest BCUT2D eigenvalue weighted by molar-refractivity contribution is 5.83. The lowest BCUT2D eigenvalue weighted by molar-refractivity contribution is -0.278. The van der Waals surface area contributed by atoms with Crippen LogP contribution < -0.4 is 4.74 Å². The van der Waals surface area contributed by atoms with E-state index in [0.717, 1.165) is 18.2 Å². The van der Waals surface area contributed by atoms with Gasteiger partial charge in [0.25, 0.3) is 5.60 Å². The fourth-order valence-corrected chi connectivity index (χ4v) is 4.29. The van der Waals surface area contributed by atoms with Crippen LogP contribution in [0.25, 0.3) is 11.1 Å². The van der Waals surface area contributed by atoms with Crippen molar-refractivity contribution in [3.05, 3.63) is 90.5 Å². The van der Waals surface area contributed by atoms with E-state index >= 15 is 0 Å². The van der Waals surface area contributed by atoms with E-state index in [1.54, 1.807) is 6.07 Å².